The summed E-state index contributed by atoms with van der Waals surface area (Å²) in [6.07, 6.45) is 1.58. The van der Waals surface area contributed by atoms with Gasteiger partial charge >= 0.3 is 5.97 Å². The summed E-state index contributed by atoms with van der Waals surface area (Å²) in [6.45, 7) is 2.07. The number of ether oxygens (including phenoxy) is 1. The molecule has 154 valence electrons. The fourth-order valence-electron chi connectivity index (χ4n) is 2.42. The molecule has 1 heterocycles. The van der Waals surface area contributed by atoms with E-state index in [0.29, 0.717) is 27.9 Å². The number of nitrogens with one attached hydrogen (secondary N) is 1. The molecular weight excluding hydrogens is 424 g/mol. The van der Waals surface area contributed by atoms with Gasteiger partial charge in [-0.25, -0.2) is 4.98 Å². The number of nitro benzene ring substituents is 1. The summed E-state index contributed by atoms with van der Waals surface area (Å²) in [5.74, 6) is -0.335. The van der Waals surface area contributed by atoms with Crippen molar-refractivity contribution in [2.45, 2.75) is 23.1 Å². The summed E-state index contributed by atoms with van der Waals surface area (Å²) < 4.78 is 4.89. The van der Waals surface area contributed by atoms with E-state index in [-0.39, 0.29) is 18.1 Å². The van der Waals surface area contributed by atoms with Crippen LogP contribution < -0.4 is 5.43 Å². The molecule has 0 fully saturated rings. The molecule has 0 amide bonds. The minimum atomic E-state index is -0.404. The van der Waals surface area contributed by atoms with Gasteiger partial charge in [-0.3, -0.25) is 20.3 Å². The standard InChI is InChI=1S/C20H18N4O4S2/c1-2-28-19(25)11-15-13-29-20(22-15)23-21-12-14-8-9-18(17(10-14)24(26)27)30-16-6-4-3-5-7-16/h3-10,12-13H,2,11H2,1H3,(H,22,23). The number of hydrogen-bond acceptors (Lipinski definition) is 9. The highest BCUT2D eigenvalue weighted by Crippen LogP contribution is 2.35. The van der Waals surface area contributed by atoms with E-state index in [4.69, 9.17) is 4.74 Å². The monoisotopic (exact) mass is 442 g/mol. The van der Waals surface area contributed by atoms with E-state index in [1.807, 2.05) is 30.3 Å². The van der Waals surface area contributed by atoms with Crippen LogP contribution in [0.5, 0.6) is 0 Å². The number of hydrogen-bond donors (Lipinski definition) is 1. The second kappa shape index (κ2) is 10.5. The van der Waals surface area contributed by atoms with E-state index in [0.717, 1.165) is 4.90 Å². The summed E-state index contributed by atoms with van der Waals surface area (Å²) in [6, 6.07) is 14.4. The van der Waals surface area contributed by atoms with Crippen molar-refractivity contribution in [1.29, 1.82) is 0 Å². The number of nitrogens with zero attached hydrogens (tertiary/aromatic N) is 3. The quantitative estimate of drug-likeness (QED) is 0.220. The number of nitro groups is 1. The van der Waals surface area contributed by atoms with Gasteiger partial charge in [-0.2, -0.15) is 5.10 Å². The summed E-state index contributed by atoms with van der Waals surface area (Å²) in [5, 5.41) is 17.8. The van der Waals surface area contributed by atoms with E-state index in [1.54, 1.807) is 24.4 Å². The van der Waals surface area contributed by atoms with Crippen molar-refractivity contribution in [3.05, 3.63) is 75.3 Å². The zero-order chi connectivity index (χ0) is 21.3. The molecule has 0 aliphatic heterocycles. The lowest BCUT2D eigenvalue weighted by Crippen LogP contribution is -2.07. The minimum absolute atomic E-state index is 0.0128. The maximum atomic E-state index is 11.5. The van der Waals surface area contributed by atoms with E-state index < -0.39 is 4.92 Å². The van der Waals surface area contributed by atoms with Gasteiger partial charge in [-0.1, -0.05) is 36.0 Å². The molecular formula is C20H18N4O4S2. The zero-order valence-electron chi connectivity index (χ0n) is 16.0. The average Bonchev–Trinajstić information content (AvgIpc) is 3.17. The molecule has 0 radical (unpaired) electrons. The van der Waals surface area contributed by atoms with Crippen molar-refractivity contribution in [2.75, 3.05) is 12.0 Å². The molecule has 0 aliphatic rings. The van der Waals surface area contributed by atoms with Crippen molar-refractivity contribution < 1.29 is 14.5 Å². The molecule has 1 N–H and O–H groups in total. The topological polar surface area (TPSA) is 107 Å². The van der Waals surface area contributed by atoms with Crippen LogP contribution in [0.25, 0.3) is 0 Å². The van der Waals surface area contributed by atoms with Gasteiger partial charge in [-0.05, 0) is 25.1 Å². The SMILES string of the molecule is CCOC(=O)Cc1csc(NN=Cc2ccc(Sc3ccccc3)c([N+](=O)[O-])c2)n1. The Labute approximate surface area is 181 Å². The maximum Gasteiger partial charge on any atom is 0.311 e. The van der Waals surface area contributed by atoms with Crippen LogP contribution in [0.3, 0.4) is 0 Å². The molecule has 3 rings (SSSR count). The fourth-order valence-corrected chi connectivity index (χ4v) is 4.00. The Kier molecular flexibility index (Phi) is 7.52. The number of carbonyl (C=O) groups excluding carboxylic acids is 1. The van der Waals surface area contributed by atoms with E-state index >= 15 is 0 Å². The number of carbonyl (C=O) groups is 1. The Morgan fingerprint density at radius 2 is 2.13 bits per heavy atom. The predicted octanol–water partition coefficient (Wildman–Crippen LogP) is 4.75. The molecule has 0 saturated heterocycles. The molecule has 30 heavy (non-hydrogen) atoms. The Bertz CT molecular complexity index is 1050. The Hall–Kier alpha value is -3.24. The first-order chi connectivity index (χ1) is 14.5. The van der Waals surface area contributed by atoms with Gasteiger partial charge in [0, 0.05) is 21.9 Å². The maximum absolute atomic E-state index is 11.5. The highest BCUT2D eigenvalue weighted by Gasteiger charge is 2.15. The molecule has 0 bridgehead atoms. The van der Waals surface area contributed by atoms with Gasteiger partial charge in [0.25, 0.3) is 5.69 Å². The Morgan fingerprint density at radius 3 is 2.87 bits per heavy atom. The van der Waals surface area contributed by atoms with Crippen LogP contribution in [0.2, 0.25) is 0 Å². The van der Waals surface area contributed by atoms with Crippen LogP contribution in [0.15, 0.2) is 68.8 Å². The summed E-state index contributed by atoms with van der Waals surface area (Å²) >= 11 is 2.64. The minimum Gasteiger partial charge on any atom is -0.466 e. The smallest absolute Gasteiger partial charge is 0.311 e. The normalized spacial score (nSPS) is 10.8. The molecule has 0 unspecified atom stereocenters. The van der Waals surface area contributed by atoms with Gasteiger partial charge in [0.1, 0.15) is 0 Å². The highest BCUT2D eigenvalue weighted by atomic mass is 32.2. The fraction of sp³-hybridized carbons (Fsp3) is 0.150. The molecule has 0 spiro atoms. The lowest BCUT2D eigenvalue weighted by molar-refractivity contribution is -0.387. The van der Waals surface area contributed by atoms with Crippen molar-refractivity contribution in [3.63, 3.8) is 0 Å². The number of rotatable bonds is 9. The largest absolute Gasteiger partial charge is 0.466 e. The van der Waals surface area contributed by atoms with Crippen molar-refractivity contribution in [1.82, 2.24) is 4.98 Å². The number of aromatic nitrogens is 1. The van der Waals surface area contributed by atoms with Crippen LogP contribution in [0.1, 0.15) is 18.2 Å². The van der Waals surface area contributed by atoms with Gasteiger partial charge in [0.05, 0.1) is 34.8 Å². The van der Waals surface area contributed by atoms with Crippen LogP contribution in [-0.2, 0) is 16.0 Å². The van der Waals surface area contributed by atoms with Crippen LogP contribution in [-0.4, -0.2) is 28.7 Å². The first-order valence-electron chi connectivity index (χ1n) is 8.95. The van der Waals surface area contributed by atoms with E-state index in [1.165, 1.54) is 35.4 Å². The molecule has 0 saturated carbocycles. The third-order valence-corrected chi connectivity index (χ3v) is 5.58. The zero-order valence-corrected chi connectivity index (χ0v) is 17.6. The number of esters is 1. The molecule has 3 aromatic rings. The summed E-state index contributed by atoms with van der Waals surface area (Å²) in [4.78, 5) is 28.3. The average molecular weight is 443 g/mol. The van der Waals surface area contributed by atoms with Gasteiger partial charge in [0.2, 0.25) is 5.13 Å². The van der Waals surface area contributed by atoms with Crippen LogP contribution in [0, 0.1) is 10.1 Å². The highest BCUT2D eigenvalue weighted by molar-refractivity contribution is 7.99. The van der Waals surface area contributed by atoms with Gasteiger partial charge < -0.3 is 4.74 Å². The molecule has 1 aromatic heterocycles. The third kappa shape index (κ3) is 6.13. The molecule has 0 aliphatic carbocycles. The summed E-state index contributed by atoms with van der Waals surface area (Å²) in [5.41, 5.74) is 3.95. The second-order valence-corrected chi connectivity index (χ2v) is 7.87. The van der Waals surface area contributed by atoms with E-state index in [9.17, 15) is 14.9 Å². The number of thiazole rings is 1. The first-order valence-corrected chi connectivity index (χ1v) is 10.6. The predicted molar refractivity (Wildman–Crippen MR) is 117 cm³/mol. The van der Waals surface area contributed by atoms with E-state index in [2.05, 4.69) is 15.5 Å². The van der Waals surface area contributed by atoms with Crippen LogP contribution in [0.4, 0.5) is 10.8 Å². The summed E-state index contributed by atoms with van der Waals surface area (Å²) in [7, 11) is 0. The third-order valence-electron chi connectivity index (χ3n) is 3.71. The lowest BCUT2D eigenvalue weighted by atomic mass is 10.2. The lowest BCUT2D eigenvalue weighted by Gasteiger charge is -2.04. The van der Waals surface area contributed by atoms with Crippen molar-refractivity contribution >= 4 is 46.1 Å². The molecule has 8 nitrogen and oxygen atoms in total. The van der Waals surface area contributed by atoms with Gasteiger partial charge in [-0.15, -0.1) is 11.3 Å². The second-order valence-electron chi connectivity index (χ2n) is 5.90. The molecule has 2 aromatic carbocycles. The van der Waals surface area contributed by atoms with Crippen molar-refractivity contribution in [2.24, 2.45) is 5.10 Å². The van der Waals surface area contributed by atoms with Gasteiger partial charge in [0.15, 0.2) is 0 Å². The number of anilines is 1. The van der Waals surface area contributed by atoms with Crippen molar-refractivity contribution in [3.8, 4) is 0 Å². The number of hydrazone groups is 1. The van der Waals surface area contributed by atoms with Crippen LogP contribution >= 0.6 is 23.1 Å². The molecule has 0 atom stereocenters. The Morgan fingerprint density at radius 1 is 1.33 bits per heavy atom. The number of benzene rings is 2. The Balaban J connectivity index is 1.66. The molecule has 10 heteroatoms. The first kappa shape index (κ1) is 21.5.